The molecular formula is C16H21F2N7O2. The predicted molar refractivity (Wildman–Crippen MR) is 94.2 cm³/mol. The number of anilines is 2. The van der Waals surface area contributed by atoms with E-state index in [0.29, 0.717) is 29.5 Å². The van der Waals surface area contributed by atoms with Gasteiger partial charge in [0.25, 0.3) is 0 Å². The van der Waals surface area contributed by atoms with Crippen molar-refractivity contribution in [2.45, 2.75) is 32.9 Å². The number of methoxy groups -OCH3 is 1. The maximum Gasteiger partial charge on any atom is 0.388 e. The van der Waals surface area contributed by atoms with Gasteiger partial charge < -0.3 is 14.8 Å². The molecule has 0 bridgehead atoms. The molecule has 27 heavy (non-hydrogen) atoms. The topological polar surface area (TPSA) is 103 Å². The molecule has 0 fully saturated rings. The van der Waals surface area contributed by atoms with Crippen LogP contribution in [-0.4, -0.2) is 50.3 Å². The Hall–Kier alpha value is -2.82. The molecule has 3 rings (SSSR count). The van der Waals surface area contributed by atoms with Crippen LogP contribution in [0.2, 0.25) is 0 Å². The maximum atomic E-state index is 12.2. The van der Waals surface area contributed by atoms with Crippen molar-refractivity contribution >= 4 is 22.8 Å². The quantitative estimate of drug-likeness (QED) is 0.587. The number of nitrogens with one attached hydrogen (secondary N) is 2. The molecule has 0 aromatic carbocycles. The Morgan fingerprint density at radius 2 is 2.07 bits per heavy atom. The van der Waals surface area contributed by atoms with Gasteiger partial charge in [-0.2, -0.15) is 19.0 Å². The molecule has 0 spiro atoms. The number of nitrogens with zero attached hydrogens (tertiary/aromatic N) is 5. The normalized spacial score (nSPS) is 13.9. The van der Waals surface area contributed by atoms with Crippen LogP contribution in [0.1, 0.15) is 26.3 Å². The molecule has 3 aromatic rings. The number of aromatic nitrogens is 6. The molecule has 3 aromatic heterocycles. The molecule has 0 unspecified atom stereocenters. The molecule has 2 N–H and O–H groups in total. The maximum absolute atomic E-state index is 12.2. The Morgan fingerprint density at radius 1 is 1.26 bits per heavy atom. The second-order valence-electron chi connectivity index (χ2n) is 6.17. The fourth-order valence-corrected chi connectivity index (χ4v) is 2.62. The largest absolute Gasteiger partial charge is 0.417 e. The van der Waals surface area contributed by atoms with Crippen molar-refractivity contribution in [3.63, 3.8) is 0 Å². The summed E-state index contributed by atoms with van der Waals surface area (Å²) in [6.45, 7) is 1.94. The van der Waals surface area contributed by atoms with E-state index in [1.165, 1.54) is 12.3 Å². The molecule has 3 heterocycles. The highest BCUT2D eigenvalue weighted by Crippen LogP contribution is 2.25. The van der Waals surface area contributed by atoms with Gasteiger partial charge in [0, 0.05) is 19.8 Å². The summed E-state index contributed by atoms with van der Waals surface area (Å²) < 4.78 is 35.7. The van der Waals surface area contributed by atoms with Crippen LogP contribution in [0, 0.1) is 5.92 Å². The molecule has 11 heteroatoms. The van der Waals surface area contributed by atoms with E-state index in [1.54, 1.807) is 13.3 Å². The molecule has 0 amide bonds. The molecular weight excluding hydrogens is 360 g/mol. The van der Waals surface area contributed by atoms with Crippen molar-refractivity contribution in [2.24, 2.45) is 5.92 Å². The summed E-state index contributed by atoms with van der Waals surface area (Å²) in [5.74, 6) is 0.877. The first kappa shape index (κ1) is 19.0. The second-order valence-corrected chi connectivity index (χ2v) is 6.17. The minimum atomic E-state index is -2.93. The van der Waals surface area contributed by atoms with E-state index in [-0.39, 0.29) is 17.7 Å². The number of ether oxygens (including phenoxy) is 2. The second kappa shape index (κ2) is 8.25. The molecule has 0 saturated heterocycles. The Balaban J connectivity index is 1.79. The number of hydrogen-bond donors (Lipinski definition) is 2. The zero-order valence-corrected chi connectivity index (χ0v) is 15.2. The fraction of sp³-hybridized carbons (Fsp3) is 0.500. The SMILES string of the molecule is COCC[C@H](C)[C@H](C)n1ncc2ncc(Nc3cc(OC(F)F)[nH]n3)nc21. The minimum absolute atomic E-state index is 0.0960. The monoisotopic (exact) mass is 381 g/mol. The summed E-state index contributed by atoms with van der Waals surface area (Å²) in [6.07, 6.45) is 4.08. The van der Waals surface area contributed by atoms with Crippen molar-refractivity contribution in [3.8, 4) is 5.88 Å². The minimum Gasteiger partial charge on any atom is -0.417 e. The van der Waals surface area contributed by atoms with E-state index in [4.69, 9.17) is 4.74 Å². The molecule has 146 valence electrons. The lowest BCUT2D eigenvalue weighted by molar-refractivity contribution is -0.0528. The number of alkyl halides is 2. The zero-order chi connectivity index (χ0) is 19.4. The molecule has 0 radical (unpaired) electrons. The lowest BCUT2D eigenvalue weighted by Crippen LogP contribution is -2.17. The standard InChI is InChI=1S/C16H21F2N7O2/c1-9(4-5-26-3)10(2)25-15-11(7-20-25)19-8-13(22-15)21-12-6-14(24-23-12)27-16(17)18/h6-10,16H,4-5H2,1-3H3,(H2,21,22,23,24)/t9-,10-/m0/s1. The highest BCUT2D eigenvalue weighted by Gasteiger charge is 2.19. The summed E-state index contributed by atoms with van der Waals surface area (Å²) >= 11 is 0. The number of fused-ring (bicyclic) bond motifs is 1. The Kier molecular flexibility index (Phi) is 5.79. The van der Waals surface area contributed by atoms with Crippen molar-refractivity contribution in [1.29, 1.82) is 0 Å². The summed E-state index contributed by atoms with van der Waals surface area (Å²) in [4.78, 5) is 8.87. The van der Waals surface area contributed by atoms with E-state index in [1.807, 2.05) is 4.68 Å². The molecule has 0 aliphatic carbocycles. The molecule has 9 nitrogen and oxygen atoms in total. The van der Waals surface area contributed by atoms with Gasteiger partial charge in [0.1, 0.15) is 5.52 Å². The van der Waals surface area contributed by atoms with Crippen LogP contribution in [0.15, 0.2) is 18.5 Å². The Labute approximate surface area is 154 Å². The van der Waals surface area contributed by atoms with E-state index < -0.39 is 6.61 Å². The van der Waals surface area contributed by atoms with Gasteiger partial charge in [-0.1, -0.05) is 6.92 Å². The summed E-state index contributed by atoms with van der Waals surface area (Å²) in [5, 5.41) is 13.5. The Bertz CT molecular complexity index is 883. The van der Waals surface area contributed by atoms with Crippen molar-refractivity contribution < 1.29 is 18.3 Å². The first-order chi connectivity index (χ1) is 13.0. The highest BCUT2D eigenvalue weighted by atomic mass is 19.3. The van der Waals surface area contributed by atoms with Crippen LogP contribution in [0.5, 0.6) is 5.88 Å². The summed E-state index contributed by atoms with van der Waals surface area (Å²) in [7, 11) is 1.68. The van der Waals surface area contributed by atoms with Gasteiger partial charge >= 0.3 is 6.61 Å². The van der Waals surface area contributed by atoms with Gasteiger partial charge in [-0.3, -0.25) is 0 Å². The van der Waals surface area contributed by atoms with E-state index in [0.717, 1.165) is 6.42 Å². The van der Waals surface area contributed by atoms with E-state index >= 15 is 0 Å². The molecule has 2 atom stereocenters. The third kappa shape index (κ3) is 4.48. The number of aromatic amines is 1. The van der Waals surface area contributed by atoms with Gasteiger partial charge in [0.15, 0.2) is 17.3 Å². The molecule has 0 saturated carbocycles. The van der Waals surface area contributed by atoms with Crippen molar-refractivity contribution in [3.05, 3.63) is 18.5 Å². The van der Waals surface area contributed by atoms with Gasteiger partial charge in [0.05, 0.1) is 18.4 Å². The van der Waals surface area contributed by atoms with Crippen LogP contribution >= 0.6 is 0 Å². The van der Waals surface area contributed by atoms with Crippen molar-refractivity contribution in [2.75, 3.05) is 19.0 Å². The van der Waals surface area contributed by atoms with Gasteiger partial charge in [0.2, 0.25) is 5.88 Å². The van der Waals surface area contributed by atoms with Gasteiger partial charge in [-0.25, -0.2) is 19.7 Å². The van der Waals surface area contributed by atoms with Crippen LogP contribution in [0.25, 0.3) is 11.2 Å². The predicted octanol–water partition coefficient (Wildman–Crippen LogP) is 3.13. The molecule has 0 aliphatic heterocycles. The number of rotatable bonds is 9. The van der Waals surface area contributed by atoms with Crippen LogP contribution < -0.4 is 10.1 Å². The first-order valence-corrected chi connectivity index (χ1v) is 8.44. The third-order valence-corrected chi connectivity index (χ3v) is 4.32. The van der Waals surface area contributed by atoms with Crippen LogP contribution in [-0.2, 0) is 4.74 Å². The smallest absolute Gasteiger partial charge is 0.388 e. The average molecular weight is 381 g/mol. The van der Waals surface area contributed by atoms with E-state index in [2.05, 4.69) is 49.2 Å². The third-order valence-electron chi connectivity index (χ3n) is 4.32. The Morgan fingerprint density at radius 3 is 2.81 bits per heavy atom. The van der Waals surface area contributed by atoms with Crippen LogP contribution in [0.4, 0.5) is 20.4 Å². The number of halogens is 2. The van der Waals surface area contributed by atoms with Crippen molar-refractivity contribution in [1.82, 2.24) is 29.9 Å². The summed E-state index contributed by atoms with van der Waals surface area (Å²) in [6, 6.07) is 1.41. The lowest BCUT2D eigenvalue weighted by atomic mass is 10.0. The number of hydrogen-bond acceptors (Lipinski definition) is 7. The average Bonchev–Trinajstić information content (AvgIpc) is 3.25. The van der Waals surface area contributed by atoms with Gasteiger partial charge in [-0.05, 0) is 19.3 Å². The molecule has 0 aliphatic rings. The van der Waals surface area contributed by atoms with Gasteiger partial charge in [-0.15, -0.1) is 0 Å². The number of H-pyrrole nitrogens is 1. The first-order valence-electron chi connectivity index (χ1n) is 8.44. The summed E-state index contributed by atoms with van der Waals surface area (Å²) in [5.41, 5.74) is 1.28. The van der Waals surface area contributed by atoms with E-state index in [9.17, 15) is 8.78 Å². The fourth-order valence-electron chi connectivity index (χ4n) is 2.62. The highest BCUT2D eigenvalue weighted by molar-refractivity contribution is 5.72. The lowest BCUT2D eigenvalue weighted by Gasteiger charge is -2.20. The zero-order valence-electron chi connectivity index (χ0n) is 15.2. The van der Waals surface area contributed by atoms with Crippen LogP contribution in [0.3, 0.4) is 0 Å².